The number of carbonyl (C=O) groups excluding carboxylic acids is 1. The molecule has 4 rings (SSSR count). The summed E-state index contributed by atoms with van der Waals surface area (Å²) in [5.74, 6) is -0.180. The van der Waals surface area contributed by atoms with Gasteiger partial charge in [0.25, 0.3) is 20.0 Å². The molecule has 2 aromatic carbocycles. The molecule has 2 heterocycles. The molecule has 1 amide bonds. The lowest BCUT2D eigenvalue weighted by Gasteiger charge is -2.33. The minimum Gasteiger partial charge on any atom is -0.358 e. The zero-order valence-electron chi connectivity index (χ0n) is 15.4. The molecule has 2 aliphatic heterocycles. The van der Waals surface area contributed by atoms with Crippen molar-refractivity contribution in [2.24, 2.45) is 0 Å². The predicted molar refractivity (Wildman–Crippen MR) is 112 cm³/mol. The highest BCUT2D eigenvalue weighted by atomic mass is 79.9. The molecule has 29 heavy (non-hydrogen) atoms. The zero-order chi connectivity index (χ0) is 21.0. The van der Waals surface area contributed by atoms with E-state index in [1.54, 1.807) is 6.07 Å². The fourth-order valence-electron chi connectivity index (χ4n) is 3.60. The van der Waals surface area contributed by atoms with Gasteiger partial charge in [-0.15, -0.1) is 0 Å². The molecular weight excluding hydrogens is 482 g/mol. The van der Waals surface area contributed by atoms with E-state index in [1.807, 2.05) is 4.90 Å². The van der Waals surface area contributed by atoms with Crippen LogP contribution in [0.3, 0.4) is 0 Å². The number of sulfonamides is 2. The third-order valence-corrected chi connectivity index (χ3v) is 9.95. The average Bonchev–Trinajstić information content (AvgIpc) is 3.18. The number of amides is 1. The number of halogens is 1. The van der Waals surface area contributed by atoms with Crippen LogP contribution in [0.1, 0.15) is 12.8 Å². The fraction of sp³-hybridized carbons (Fsp3) is 0.278. The Morgan fingerprint density at radius 3 is 2.34 bits per heavy atom. The van der Waals surface area contributed by atoms with Crippen LogP contribution >= 0.6 is 15.9 Å². The predicted octanol–water partition coefficient (Wildman–Crippen LogP) is 2.38. The molecule has 0 aliphatic carbocycles. The Bertz CT molecular complexity index is 1200. The largest absolute Gasteiger partial charge is 0.358 e. The van der Waals surface area contributed by atoms with Crippen molar-refractivity contribution < 1.29 is 21.6 Å². The van der Waals surface area contributed by atoms with E-state index in [2.05, 4.69) is 21.2 Å². The molecule has 1 N–H and O–H groups in total. The third-order valence-electron chi connectivity index (χ3n) is 5.18. The molecule has 8 nitrogen and oxygen atoms in total. The van der Waals surface area contributed by atoms with Gasteiger partial charge in [0, 0.05) is 18.1 Å². The summed E-state index contributed by atoms with van der Waals surface area (Å²) in [5.41, 5.74) is 1.10. The summed E-state index contributed by atoms with van der Waals surface area (Å²) in [5, 5.41) is 2.74. The quantitative estimate of drug-likeness (QED) is 0.692. The van der Waals surface area contributed by atoms with Crippen LogP contribution in [0.5, 0.6) is 0 Å². The van der Waals surface area contributed by atoms with E-state index in [-0.39, 0.29) is 21.7 Å². The molecule has 0 bridgehead atoms. The SMILES string of the molecule is CN(S(=O)(=O)c1ccc(Br)cc1)S(=O)(=O)c1ccc2c(c1)NC(=O)C1CCCN21. The normalized spacial score (nSPS) is 19.1. The van der Waals surface area contributed by atoms with Crippen LogP contribution in [0.4, 0.5) is 11.4 Å². The van der Waals surface area contributed by atoms with Crippen LogP contribution < -0.4 is 10.2 Å². The number of hydrogen-bond acceptors (Lipinski definition) is 6. The van der Waals surface area contributed by atoms with Gasteiger partial charge in [0.1, 0.15) is 6.04 Å². The van der Waals surface area contributed by atoms with Gasteiger partial charge in [-0.25, -0.2) is 16.8 Å². The van der Waals surface area contributed by atoms with Crippen molar-refractivity contribution in [1.29, 1.82) is 0 Å². The summed E-state index contributed by atoms with van der Waals surface area (Å²) in [6.45, 7) is 0.717. The molecule has 1 unspecified atom stereocenters. The van der Waals surface area contributed by atoms with Crippen LogP contribution in [0.25, 0.3) is 0 Å². The average molecular weight is 500 g/mol. The molecule has 11 heteroatoms. The fourth-order valence-corrected chi connectivity index (χ4v) is 7.00. The summed E-state index contributed by atoms with van der Waals surface area (Å²) in [6, 6.07) is 9.74. The Balaban J connectivity index is 1.72. The maximum atomic E-state index is 13.0. The lowest BCUT2D eigenvalue weighted by atomic mass is 10.1. The van der Waals surface area contributed by atoms with E-state index in [0.717, 1.165) is 32.1 Å². The molecule has 1 atom stereocenters. The summed E-state index contributed by atoms with van der Waals surface area (Å²) in [7, 11) is -7.64. The number of nitrogens with one attached hydrogen (secondary N) is 1. The Morgan fingerprint density at radius 2 is 1.66 bits per heavy atom. The molecule has 1 saturated heterocycles. The van der Waals surface area contributed by atoms with Gasteiger partial charge < -0.3 is 10.2 Å². The van der Waals surface area contributed by atoms with E-state index in [4.69, 9.17) is 0 Å². The topological polar surface area (TPSA) is 104 Å². The highest BCUT2D eigenvalue weighted by molar-refractivity contribution is 9.10. The first-order chi connectivity index (χ1) is 13.6. The highest BCUT2D eigenvalue weighted by Crippen LogP contribution is 2.38. The highest BCUT2D eigenvalue weighted by Gasteiger charge is 2.38. The first kappa shape index (κ1) is 20.3. The van der Waals surface area contributed by atoms with Crippen LogP contribution in [-0.2, 0) is 24.8 Å². The second-order valence-electron chi connectivity index (χ2n) is 6.86. The Kier molecular flexibility index (Phi) is 4.96. The Morgan fingerprint density at radius 1 is 1.03 bits per heavy atom. The van der Waals surface area contributed by atoms with Crippen molar-refractivity contribution in [2.45, 2.75) is 28.7 Å². The number of fused-ring (bicyclic) bond motifs is 3. The van der Waals surface area contributed by atoms with E-state index >= 15 is 0 Å². The first-order valence-corrected chi connectivity index (χ1v) is 12.5. The number of benzene rings is 2. The van der Waals surface area contributed by atoms with Gasteiger partial charge in [0.05, 0.1) is 21.2 Å². The van der Waals surface area contributed by atoms with Crippen molar-refractivity contribution >= 4 is 53.3 Å². The van der Waals surface area contributed by atoms with E-state index in [1.165, 1.54) is 36.4 Å². The molecule has 1 fully saturated rings. The maximum Gasteiger partial charge on any atom is 0.256 e. The third kappa shape index (κ3) is 3.35. The van der Waals surface area contributed by atoms with Crippen molar-refractivity contribution in [3.8, 4) is 0 Å². The van der Waals surface area contributed by atoms with Gasteiger partial charge in [0.2, 0.25) is 5.91 Å². The van der Waals surface area contributed by atoms with Gasteiger partial charge in [-0.05, 0) is 55.3 Å². The lowest BCUT2D eigenvalue weighted by Crippen LogP contribution is -2.44. The number of nitrogens with zero attached hydrogens (tertiary/aromatic N) is 2. The van der Waals surface area contributed by atoms with Crippen molar-refractivity contribution in [3.05, 3.63) is 46.9 Å². The van der Waals surface area contributed by atoms with Crippen LogP contribution in [0.2, 0.25) is 0 Å². The van der Waals surface area contributed by atoms with Crippen molar-refractivity contribution in [2.75, 3.05) is 23.8 Å². The standard InChI is InChI=1S/C18H18BrN3O5S2/c1-21(28(24,25)13-6-4-12(19)5-7-13)29(26,27)14-8-9-16-15(11-14)20-18(23)17-3-2-10-22(16)17/h4-9,11,17H,2-3,10H2,1H3,(H,20,23). The first-order valence-electron chi connectivity index (χ1n) is 8.83. The van der Waals surface area contributed by atoms with E-state index in [0.29, 0.717) is 13.9 Å². The summed E-state index contributed by atoms with van der Waals surface area (Å²) < 4.78 is 52.7. The summed E-state index contributed by atoms with van der Waals surface area (Å²) in [6.07, 6.45) is 1.63. The van der Waals surface area contributed by atoms with Crippen LogP contribution in [0.15, 0.2) is 56.7 Å². The number of hydrogen-bond donors (Lipinski definition) is 1. The number of rotatable bonds is 4. The second kappa shape index (κ2) is 7.08. The number of anilines is 2. The van der Waals surface area contributed by atoms with Gasteiger partial charge in [-0.1, -0.05) is 19.6 Å². The monoisotopic (exact) mass is 499 g/mol. The van der Waals surface area contributed by atoms with Crippen molar-refractivity contribution in [3.63, 3.8) is 0 Å². The number of carbonyl (C=O) groups is 1. The van der Waals surface area contributed by atoms with Gasteiger partial charge >= 0.3 is 0 Å². The molecule has 0 radical (unpaired) electrons. The minimum atomic E-state index is -4.36. The summed E-state index contributed by atoms with van der Waals surface area (Å²) >= 11 is 3.22. The van der Waals surface area contributed by atoms with Crippen LogP contribution in [-0.4, -0.2) is 46.1 Å². The summed E-state index contributed by atoms with van der Waals surface area (Å²) in [4.78, 5) is 13.9. The Labute approximate surface area is 177 Å². The maximum absolute atomic E-state index is 13.0. The Hall–Kier alpha value is -1.95. The zero-order valence-corrected chi connectivity index (χ0v) is 18.6. The van der Waals surface area contributed by atoms with Gasteiger partial charge in [-0.2, -0.15) is 0 Å². The molecule has 0 spiro atoms. The molecule has 0 saturated carbocycles. The molecule has 0 aromatic heterocycles. The van der Waals surface area contributed by atoms with Crippen molar-refractivity contribution in [1.82, 2.24) is 3.71 Å². The van der Waals surface area contributed by atoms with E-state index in [9.17, 15) is 21.6 Å². The van der Waals surface area contributed by atoms with Crippen LogP contribution in [0, 0.1) is 0 Å². The molecule has 2 aromatic rings. The smallest absolute Gasteiger partial charge is 0.256 e. The minimum absolute atomic E-state index is 0.141. The van der Waals surface area contributed by atoms with Gasteiger partial charge in [0.15, 0.2) is 0 Å². The second-order valence-corrected chi connectivity index (χ2v) is 11.9. The lowest BCUT2D eigenvalue weighted by molar-refractivity contribution is -0.117. The van der Waals surface area contributed by atoms with E-state index < -0.39 is 20.0 Å². The molecular formula is C18H18BrN3O5S2. The molecule has 154 valence electrons. The molecule has 2 aliphatic rings. The van der Waals surface area contributed by atoms with Gasteiger partial charge in [-0.3, -0.25) is 4.79 Å².